The predicted octanol–water partition coefficient (Wildman–Crippen LogP) is 1.80. The van der Waals surface area contributed by atoms with Gasteiger partial charge < -0.3 is 19.0 Å². The Labute approximate surface area is 154 Å². The van der Waals surface area contributed by atoms with Gasteiger partial charge in [-0.25, -0.2) is 9.59 Å². The van der Waals surface area contributed by atoms with Gasteiger partial charge in [0.1, 0.15) is 17.9 Å². The maximum atomic E-state index is 12.6. The maximum Gasteiger partial charge on any atom is 0.411 e. The molecule has 1 heterocycles. The fourth-order valence-corrected chi connectivity index (χ4v) is 3.34. The van der Waals surface area contributed by atoms with Crippen molar-refractivity contribution in [2.24, 2.45) is 17.8 Å². The van der Waals surface area contributed by atoms with E-state index in [1.807, 2.05) is 6.92 Å². The Morgan fingerprint density at radius 1 is 1.19 bits per heavy atom. The molecular formula is C18H29NO7. The first-order valence-corrected chi connectivity index (χ1v) is 8.63. The molecule has 148 valence electrons. The molecule has 8 nitrogen and oxygen atoms in total. The summed E-state index contributed by atoms with van der Waals surface area (Å²) in [5.41, 5.74) is -0.734. The normalized spacial score (nSPS) is 23.9. The average molecular weight is 371 g/mol. The maximum absolute atomic E-state index is 12.6. The smallest absolute Gasteiger partial charge is 0.411 e. The first kappa shape index (κ1) is 21.9. The Balaban J connectivity index is 3.23. The van der Waals surface area contributed by atoms with E-state index in [4.69, 9.17) is 14.2 Å². The monoisotopic (exact) mass is 371 g/mol. The highest BCUT2D eigenvalue weighted by Crippen LogP contribution is 2.39. The van der Waals surface area contributed by atoms with Crippen molar-refractivity contribution in [2.45, 2.75) is 52.2 Å². The molecule has 0 N–H and O–H groups in total. The third-order valence-corrected chi connectivity index (χ3v) is 4.60. The van der Waals surface area contributed by atoms with Crippen molar-refractivity contribution < 1.29 is 33.4 Å². The van der Waals surface area contributed by atoms with Crippen LogP contribution in [0.1, 0.15) is 40.5 Å². The Bertz CT molecular complexity index is 540. The number of carbonyl (C=O) groups is 4. The van der Waals surface area contributed by atoms with Gasteiger partial charge in [0, 0.05) is 18.9 Å². The third kappa shape index (κ3) is 5.44. The van der Waals surface area contributed by atoms with Crippen LogP contribution >= 0.6 is 0 Å². The number of esters is 2. The molecule has 1 amide bonds. The number of carbonyl (C=O) groups excluding carboxylic acids is 4. The standard InChI is InChI=1S/C18H29NO7/c1-11(7-8-20)13-10-19(17(23)26-18(2,3)4)15(16(22)25-6)12(13)9-14(21)24-5/h8,11-13,15H,7,9-10H2,1-6H3/t11-,12-,13-,15?/m0/s1. The van der Waals surface area contributed by atoms with Crippen LogP contribution in [0, 0.1) is 17.8 Å². The molecule has 1 rings (SSSR count). The van der Waals surface area contributed by atoms with E-state index in [9.17, 15) is 19.2 Å². The van der Waals surface area contributed by atoms with Crippen molar-refractivity contribution in [1.29, 1.82) is 0 Å². The molecule has 0 aliphatic carbocycles. The van der Waals surface area contributed by atoms with E-state index in [0.29, 0.717) is 0 Å². The second-order valence-corrected chi connectivity index (χ2v) is 7.59. The molecule has 0 spiro atoms. The first-order chi connectivity index (χ1) is 12.1. The third-order valence-electron chi connectivity index (χ3n) is 4.60. The van der Waals surface area contributed by atoms with Crippen LogP contribution in [0.2, 0.25) is 0 Å². The average Bonchev–Trinajstić information content (AvgIpc) is 2.92. The van der Waals surface area contributed by atoms with Crippen LogP contribution in [0.4, 0.5) is 4.79 Å². The van der Waals surface area contributed by atoms with Crippen LogP contribution in [0.5, 0.6) is 0 Å². The van der Waals surface area contributed by atoms with Gasteiger partial charge in [0.05, 0.1) is 20.6 Å². The topological polar surface area (TPSA) is 99.2 Å². The number of rotatable bonds is 6. The highest BCUT2D eigenvalue weighted by molar-refractivity contribution is 5.84. The molecular weight excluding hydrogens is 342 g/mol. The second-order valence-electron chi connectivity index (χ2n) is 7.59. The molecule has 0 aromatic carbocycles. The van der Waals surface area contributed by atoms with Crippen LogP contribution < -0.4 is 0 Å². The largest absolute Gasteiger partial charge is 0.469 e. The molecule has 8 heteroatoms. The molecule has 0 aromatic heterocycles. The molecule has 26 heavy (non-hydrogen) atoms. The lowest BCUT2D eigenvalue weighted by atomic mass is 9.79. The number of aldehydes is 1. The fraction of sp³-hybridized carbons (Fsp3) is 0.778. The lowest BCUT2D eigenvalue weighted by molar-refractivity contribution is -0.149. The van der Waals surface area contributed by atoms with Gasteiger partial charge in [0.25, 0.3) is 0 Å². The zero-order valence-electron chi connectivity index (χ0n) is 16.3. The number of hydrogen-bond acceptors (Lipinski definition) is 7. The van der Waals surface area contributed by atoms with Gasteiger partial charge in [-0.15, -0.1) is 0 Å². The van der Waals surface area contributed by atoms with Crippen LogP contribution in [0.15, 0.2) is 0 Å². The zero-order valence-corrected chi connectivity index (χ0v) is 16.3. The minimum absolute atomic E-state index is 0.0522. The summed E-state index contributed by atoms with van der Waals surface area (Å²) >= 11 is 0. The first-order valence-electron chi connectivity index (χ1n) is 8.63. The van der Waals surface area contributed by atoms with E-state index in [-0.39, 0.29) is 31.2 Å². The van der Waals surface area contributed by atoms with E-state index in [2.05, 4.69) is 0 Å². The van der Waals surface area contributed by atoms with Gasteiger partial charge in [-0.1, -0.05) is 6.92 Å². The zero-order chi connectivity index (χ0) is 20.1. The van der Waals surface area contributed by atoms with Crippen LogP contribution in [0.25, 0.3) is 0 Å². The highest BCUT2D eigenvalue weighted by atomic mass is 16.6. The van der Waals surface area contributed by atoms with Gasteiger partial charge in [0.15, 0.2) is 0 Å². The minimum Gasteiger partial charge on any atom is -0.469 e. The summed E-state index contributed by atoms with van der Waals surface area (Å²) in [6, 6.07) is -0.965. The quantitative estimate of drug-likeness (QED) is 0.399. The summed E-state index contributed by atoms with van der Waals surface area (Å²) in [6.45, 7) is 7.24. The predicted molar refractivity (Wildman–Crippen MR) is 92.2 cm³/mol. The molecule has 1 saturated heterocycles. The molecule has 0 aromatic rings. The van der Waals surface area contributed by atoms with Crippen molar-refractivity contribution in [3.05, 3.63) is 0 Å². The van der Waals surface area contributed by atoms with E-state index >= 15 is 0 Å². The Morgan fingerprint density at radius 2 is 1.81 bits per heavy atom. The number of ether oxygens (including phenoxy) is 3. The van der Waals surface area contributed by atoms with E-state index in [1.54, 1.807) is 20.8 Å². The highest BCUT2D eigenvalue weighted by Gasteiger charge is 2.51. The number of hydrogen-bond donors (Lipinski definition) is 0. The summed E-state index contributed by atoms with van der Waals surface area (Å²) in [5.74, 6) is -1.99. The number of amides is 1. The lowest BCUT2D eigenvalue weighted by Crippen LogP contribution is -2.46. The van der Waals surface area contributed by atoms with Gasteiger partial charge in [-0.2, -0.15) is 0 Å². The van der Waals surface area contributed by atoms with Crippen molar-refractivity contribution in [3.8, 4) is 0 Å². The number of methoxy groups -OCH3 is 2. The van der Waals surface area contributed by atoms with E-state index in [1.165, 1.54) is 19.1 Å². The summed E-state index contributed by atoms with van der Waals surface area (Å²) < 4.78 is 15.0. The van der Waals surface area contributed by atoms with Gasteiger partial charge >= 0.3 is 18.0 Å². The number of nitrogens with zero attached hydrogens (tertiary/aromatic N) is 1. The SMILES string of the molecule is COC(=O)C[C@@H]1C(C(=O)OC)N(C(=O)OC(C)(C)C)C[C@H]1[C@@H](C)CC=O. The minimum atomic E-state index is -0.965. The Morgan fingerprint density at radius 3 is 2.27 bits per heavy atom. The van der Waals surface area contributed by atoms with Gasteiger partial charge in [0.2, 0.25) is 0 Å². The molecule has 1 unspecified atom stereocenters. The van der Waals surface area contributed by atoms with Gasteiger partial charge in [-0.05, 0) is 32.6 Å². The fourth-order valence-electron chi connectivity index (χ4n) is 3.34. The van der Waals surface area contributed by atoms with Crippen molar-refractivity contribution in [3.63, 3.8) is 0 Å². The molecule has 4 atom stereocenters. The summed E-state index contributed by atoms with van der Waals surface area (Å²) in [5, 5.41) is 0. The molecule has 0 radical (unpaired) electrons. The molecule has 1 aliphatic heterocycles. The molecule has 1 aliphatic rings. The summed E-state index contributed by atoms with van der Waals surface area (Å²) in [4.78, 5) is 49.2. The molecule has 0 bridgehead atoms. The summed E-state index contributed by atoms with van der Waals surface area (Å²) in [7, 11) is 2.49. The summed E-state index contributed by atoms with van der Waals surface area (Å²) in [6.07, 6.45) is 0.355. The van der Waals surface area contributed by atoms with Crippen LogP contribution in [-0.2, 0) is 28.6 Å². The van der Waals surface area contributed by atoms with Crippen molar-refractivity contribution in [1.82, 2.24) is 4.90 Å². The van der Waals surface area contributed by atoms with E-state index < -0.39 is 35.6 Å². The van der Waals surface area contributed by atoms with E-state index in [0.717, 1.165) is 6.29 Å². The lowest BCUT2D eigenvalue weighted by Gasteiger charge is -2.29. The Hall–Kier alpha value is -2.12. The van der Waals surface area contributed by atoms with Crippen molar-refractivity contribution in [2.75, 3.05) is 20.8 Å². The molecule has 0 saturated carbocycles. The Kier molecular flexibility index (Phi) is 7.59. The molecule has 1 fully saturated rings. The second kappa shape index (κ2) is 9.00. The number of likely N-dealkylation sites (tertiary alicyclic amines) is 1. The van der Waals surface area contributed by atoms with Crippen molar-refractivity contribution >= 4 is 24.3 Å². The van der Waals surface area contributed by atoms with Crippen LogP contribution in [-0.4, -0.2) is 61.6 Å². The van der Waals surface area contributed by atoms with Gasteiger partial charge in [-0.3, -0.25) is 9.69 Å². The van der Waals surface area contributed by atoms with Crippen LogP contribution in [0.3, 0.4) is 0 Å².